The van der Waals surface area contributed by atoms with Crippen LogP contribution in [0.3, 0.4) is 0 Å². The molecule has 0 aliphatic heterocycles. The Labute approximate surface area is 146 Å². The lowest BCUT2D eigenvalue weighted by Crippen LogP contribution is -2.47. The van der Waals surface area contributed by atoms with E-state index >= 15 is 0 Å². The molecule has 6 heteroatoms. The predicted molar refractivity (Wildman–Crippen MR) is 94.8 cm³/mol. The van der Waals surface area contributed by atoms with Gasteiger partial charge in [-0.3, -0.25) is 14.4 Å². The molecule has 3 unspecified atom stereocenters. The van der Waals surface area contributed by atoms with Gasteiger partial charge in [-0.1, -0.05) is 54.4 Å². The molecule has 0 aliphatic carbocycles. The molecule has 142 valence electrons. The number of nitrogens with zero attached hydrogens (tertiary/aromatic N) is 1. The highest BCUT2D eigenvalue weighted by atomic mass is 16.4. The zero-order valence-corrected chi connectivity index (χ0v) is 16.2. The number of amides is 1. The van der Waals surface area contributed by atoms with E-state index in [-0.39, 0.29) is 30.8 Å². The van der Waals surface area contributed by atoms with E-state index in [4.69, 9.17) is 10.2 Å². The van der Waals surface area contributed by atoms with Crippen LogP contribution in [0.25, 0.3) is 0 Å². The first-order chi connectivity index (χ1) is 11.1. The fourth-order valence-electron chi connectivity index (χ4n) is 2.81. The standard InChI is InChI=1S/C16H29NO5.C2H6/c1-6-13(7-2)12(5)17(9-14(18)19)15(20)10(3)8-11(4)16(21)22;1-2/h10-13H,6-9H2,1-5H3,(H,18,19)(H,21,22);1-2H3. The molecule has 0 saturated carbocycles. The van der Waals surface area contributed by atoms with Crippen LogP contribution in [0.4, 0.5) is 0 Å². The highest BCUT2D eigenvalue weighted by Gasteiger charge is 2.31. The van der Waals surface area contributed by atoms with Crippen molar-refractivity contribution in [1.29, 1.82) is 0 Å². The van der Waals surface area contributed by atoms with E-state index in [9.17, 15) is 14.4 Å². The number of carbonyl (C=O) groups excluding carboxylic acids is 1. The van der Waals surface area contributed by atoms with E-state index in [0.717, 1.165) is 12.8 Å². The Hall–Kier alpha value is -1.59. The number of carboxylic acids is 2. The Bertz CT molecular complexity index is 393. The van der Waals surface area contributed by atoms with E-state index in [1.54, 1.807) is 13.8 Å². The first-order valence-corrected chi connectivity index (χ1v) is 8.90. The molecule has 0 saturated heterocycles. The molecule has 0 spiro atoms. The summed E-state index contributed by atoms with van der Waals surface area (Å²) in [5.74, 6) is -3.19. The Morgan fingerprint density at radius 1 is 0.917 bits per heavy atom. The van der Waals surface area contributed by atoms with Gasteiger partial charge in [-0.25, -0.2) is 0 Å². The minimum atomic E-state index is -1.05. The van der Waals surface area contributed by atoms with Crippen LogP contribution in [-0.4, -0.2) is 45.5 Å². The largest absolute Gasteiger partial charge is 0.481 e. The summed E-state index contributed by atoms with van der Waals surface area (Å²) in [6.45, 7) is 12.8. The van der Waals surface area contributed by atoms with Gasteiger partial charge in [-0.2, -0.15) is 0 Å². The van der Waals surface area contributed by atoms with E-state index in [0.29, 0.717) is 0 Å². The second-order valence-electron chi connectivity index (χ2n) is 6.05. The molecule has 6 nitrogen and oxygen atoms in total. The summed E-state index contributed by atoms with van der Waals surface area (Å²) in [5, 5.41) is 18.0. The van der Waals surface area contributed by atoms with Gasteiger partial charge < -0.3 is 15.1 Å². The van der Waals surface area contributed by atoms with Gasteiger partial charge in [-0.15, -0.1) is 0 Å². The first kappa shape index (κ1) is 24.7. The van der Waals surface area contributed by atoms with Gasteiger partial charge in [0.05, 0.1) is 5.92 Å². The second kappa shape index (κ2) is 12.8. The molecular weight excluding hydrogens is 310 g/mol. The van der Waals surface area contributed by atoms with Crippen molar-refractivity contribution in [2.45, 2.75) is 73.8 Å². The average molecular weight is 345 g/mol. The molecule has 0 heterocycles. The van der Waals surface area contributed by atoms with Gasteiger partial charge in [-0.05, 0) is 19.3 Å². The molecule has 0 aromatic rings. The van der Waals surface area contributed by atoms with Crippen molar-refractivity contribution in [3.63, 3.8) is 0 Å². The lowest BCUT2D eigenvalue weighted by Gasteiger charge is -2.35. The normalized spacial score (nSPS) is 14.2. The van der Waals surface area contributed by atoms with Gasteiger partial charge in [0.25, 0.3) is 0 Å². The van der Waals surface area contributed by atoms with Crippen LogP contribution in [0.15, 0.2) is 0 Å². The zero-order chi connectivity index (χ0) is 19.4. The molecule has 0 rings (SSSR count). The second-order valence-corrected chi connectivity index (χ2v) is 6.05. The number of rotatable bonds is 10. The lowest BCUT2D eigenvalue weighted by molar-refractivity contribution is -0.150. The molecule has 0 fully saturated rings. The lowest BCUT2D eigenvalue weighted by atomic mass is 9.91. The first-order valence-electron chi connectivity index (χ1n) is 8.90. The third kappa shape index (κ3) is 8.31. The molecule has 3 atom stereocenters. The van der Waals surface area contributed by atoms with Crippen molar-refractivity contribution in [1.82, 2.24) is 4.90 Å². The molecular formula is C18H35NO5. The smallest absolute Gasteiger partial charge is 0.323 e. The van der Waals surface area contributed by atoms with Gasteiger partial charge >= 0.3 is 11.9 Å². The Morgan fingerprint density at radius 3 is 1.71 bits per heavy atom. The molecule has 0 bridgehead atoms. The molecule has 24 heavy (non-hydrogen) atoms. The summed E-state index contributed by atoms with van der Waals surface area (Å²) >= 11 is 0. The highest BCUT2D eigenvalue weighted by Crippen LogP contribution is 2.22. The summed E-state index contributed by atoms with van der Waals surface area (Å²) in [4.78, 5) is 36.0. The Balaban J connectivity index is 0. The van der Waals surface area contributed by atoms with Crippen LogP contribution >= 0.6 is 0 Å². The van der Waals surface area contributed by atoms with Crippen molar-refractivity contribution < 1.29 is 24.6 Å². The number of carbonyl (C=O) groups is 3. The van der Waals surface area contributed by atoms with Crippen LogP contribution in [0.5, 0.6) is 0 Å². The van der Waals surface area contributed by atoms with Crippen LogP contribution in [-0.2, 0) is 14.4 Å². The Morgan fingerprint density at radius 2 is 1.38 bits per heavy atom. The molecule has 0 aliphatic rings. The van der Waals surface area contributed by atoms with Gasteiger partial charge in [0.15, 0.2) is 0 Å². The molecule has 0 radical (unpaired) electrons. The zero-order valence-electron chi connectivity index (χ0n) is 16.2. The summed E-state index contributed by atoms with van der Waals surface area (Å²) in [6, 6.07) is -0.179. The van der Waals surface area contributed by atoms with Gasteiger partial charge in [0.2, 0.25) is 5.91 Å². The maximum Gasteiger partial charge on any atom is 0.323 e. The maximum absolute atomic E-state index is 12.6. The number of aliphatic carboxylic acids is 2. The van der Waals surface area contributed by atoms with Crippen molar-refractivity contribution in [2.75, 3.05) is 6.54 Å². The van der Waals surface area contributed by atoms with Crippen molar-refractivity contribution in [2.24, 2.45) is 17.8 Å². The van der Waals surface area contributed by atoms with E-state index in [2.05, 4.69) is 0 Å². The minimum absolute atomic E-state index is 0.179. The maximum atomic E-state index is 12.6. The fourth-order valence-corrected chi connectivity index (χ4v) is 2.81. The Kier molecular flexibility index (Phi) is 13.1. The van der Waals surface area contributed by atoms with Gasteiger partial charge in [0.1, 0.15) is 6.54 Å². The SMILES string of the molecule is CC.CCC(CC)C(C)N(CC(=O)O)C(=O)C(C)CC(C)C(=O)O. The molecule has 1 amide bonds. The average Bonchev–Trinajstić information content (AvgIpc) is 2.54. The van der Waals surface area contributed by atoms with Crippen molar-refractivity contribution >= 4 is 17.8 Å². The third-order valence-electron chi connectivity index (χ3n) is 4.36. The van der Waals surface area contributed by atoms with Gasteiger partial charge in [0, 0.05) is 12.0 Å². The summed E-state index contributed by atoms with van der Waals surface area (Å²) in [6.07, 6.45) is 1.93. The number of hydrogen-bond acceptors (Lipinski definition) is 3. The molecule has 2 N–H and O–H groups in total. The topological polar surface area (TPSA) is 94.9 Å². The van der Waals surface area contributed by atoms with Crippen LogP contribution in [0.1, 0.15) is 67.7 Å². The minimum Gasteiger partial charge on any atom is -0.481 e. The molecule has 0 aromatic carbocycles. The number of carboxylic acid groups (broad SMARTS) is 2. The summed E-state index contributed by atoms with van der Waals surface area (Å²) in [5.41, 5.74) is 0. The monoisotopic (exact) mass is 345 g/mol. The summed E-state index contributed by atoms with van der Waals surface area (Å²) < 4.78 is 0. The summed E-state index contributed by atoms with van der Waals surface area (Å²) in [7, 11) is 0. The molecule has 0 aromatic heterocycles. The van der Waals surface area contributed by atoms with Crippen molar-refractivity contribution in [3.05, 3.63) is 0 Å². The van der Waals surface area contributed by atoms with E-state index in [1.165, 1.54) is 4.90 Å². The fraction of sp³-hybridized carbons (Fsp3) is 0.833. The number of hydrogen-bond donors (Lipinski definition) is 2. The quantitative estimate of drug-likeness (QED) is 0.632. The van der Waals surface area contributed by atoms with E-state index < -0.39 is 23.8 Å². The van der Waals surface area contributed by atoms with Crippen LogP contribution < -0.4 is 0 Å². The van der Waals surface area contributed by atoms with Crippen LogP contribution in [0, 0.1) is 17.8 Å². The van der Waals surface area contributed by atoms with Crippen LogP contribution in [0.2, 0.25) is 0 Å². The van der Waals surface area contributed by atoms with Crippen molar-refractivity contribution in [3.8, 4) is 0 Å². The third-order valence-corrected chi connectivity index (χ3v) is 4.36. The predicted octanol–water partition coefficient (Wildman–Crippen LogP) is 3.50. The highest BCUT2D eigenvalue weighted by molar-refractivity contribution is 5.83. The van der Waals surface area contributed by atoms with E-state index in [1.807, 2.05) is 34.6 Å².